The van der Waals surface area contributed by atoms with E-state index in [-0.39, 0.29) is 11.6 Å². The summed E-state index contributed by atoms with van der Waals surface area (Å²) in [5, 5.41) is 0. The van der Waals surface area contributed by atoms with E-state index in [1.54, 1.807) is 0 Å². The summed E-state index contributed by atoms with van der Waals surface area (Å²) in [4.78, 5) is 11.3. The third kappa shape index (κ3) is 2.53. The lowest BCUT2D eigenvalue weighted by Crippen LogP contribution is -2.38. The molecule has 20 heavy (non-hydrogen) atoms. The summed E-state index contributed by atoms with van der Waals surface area (Å²) < 4.78 is 11.6. The van der Waals surface area contributed by atoms with E-state index in [9.17, 15) is 4.79 Å². The fourth-order valence-electron chi connectivity index (χ4n) is 2.69. The number of esters is 1. The lowest BCUT2D eigenvalue weighted by molar-refractivity contribution is -0.132. The maximum Gasteiger partial charge on any atom is 0.308 e. The number of thiol groups is 1. The maximum atomic E-state index is 11.3. The Bertz CT molecular complexity index is 566. The van der Waals surface area contributed by atoms with Gasteiger partial charge in [0, 0.05) is 18.2 Å². The van der Waals surface area contributed by atoms with Crippen LogP contribution in [0.2, 0.25) is 0 Å². The van der Waals surface area contributed by atoms with Crippen LogP contribution in [0, 0.1) is 20.8 Å². The van der Waals surface area contributed by atoms with E-state index < -0.39 is 0 Å². The molecule has 1 heterocycles. The smallest absolute Gasteiger partial charge is 0.308 e. The monoisotopic (exact) mass is 294 g/mol. The fraction of sp³-hybridized carbons (Fsp3) is 0.562. The average molecular weight is 294 g/mol. The minimum Gasteiger partial charge on any atom is -0.486 e. The Balaban J connectivity index is 2.57. The molecule has 0 saturated carbocycles. The highest BCUT2D eigenvalue weighted by Gasteiger charge is 2.33. The van der Waals surface area contributed by atoms with Gasteiger partial charge in [0.1, 0.15) is 17.1 Å². The number of hydrogen-bond donors (Lipinski definition) is 1. The Morgan fingerprint density at radius 3 is 2.50 bits per heavy atom. The maximum absolute atomic E-state index is 11.3. The number of carbonyl (C=O) groups excluding carboxylic acids is 1. The van der Waals surface area contributed by atoms with Gasteiger partial charge in [-0.05, 0) is 57.2 Å². The van der Waals surface area contributed by atoms with Gasteiger partial charge >= 0.3 is 5.97 Å². The lowest BCUT2D eigenvalue weighted by Gasteiger charge is -2.37. The molecule has 0 N–H and O–H groups in total. The van der Waals surface area contributed by atoms with Gasteiger partial charge in [0.25, 0.3) is 0 Å². The molecule has 110 valence electrons. The molecule has 2 rings (SSSR count). The van der Waals surface area contributed by atoms with Crippen molar-refractivity contribution in [2.45, 2.75) is 53.1 Å². The Morgan fingerprint density at radius 2 is 1.95 bits per heavy atom. The highest BCUT2D eigenvalue weighted by molar-refractivity contribution is 7.80. The molecule has 1 aromatic rings. The quantitative estimate of drug-likeness (QED) is 0.515. The van der Waals surface area contributed by atoms with E-state index in [0.717, 1.165) is 40.8 Å². The summed E-state index contributed by atoms with van der Waals surface area (Å²) in [5.41, 5.74) is 3.97. The molecule has 0 fully saturated rings. The predicted molar refractivity (Wildman–Crippen MR) is 83.2 cm³/mol. The molecular weight excluding hydrogens is 272 g/mol. The van der Waals surface area contributed by atoms with Crippen LogP contribution in [-0.4, -0.2) is 17.3 Å². The summed E-state index contributed by atoms with van der Waals surface area (Å²) in [7, 11) is 0. The van der Waals surface area contributed by atoms with Crippen LogP contribution in [0.25, 0.3) is 0 Å². The first-order chi connectivity index (χ1) is 9.29. The fourth-order valence-corrected chi connectivity index (χ4v) is 2.91. The van der Waals surface area contributed by atoms with Crippen LogP contribution < -0.4 is 9.47 Å². The number of fused-ring (bicyclic) bond motifs is 1. The summed E-state index contributed by atoms with van der Waals surface area (Å²) in [6.07, 6.45) is 1.85. The SMILES string of the molecule is CC(=O)Oc1c(C)c(C)c2c(c1C)CCC(C)(CS)O2. The molecule has 0 amide bonds. The standard InChI is InChI=1S/C16H22O3S/c1-9-10(2)15-13(6-7-16(5,8-20)19-15)11(3)14(9)18-12(4)17/h20H,6-8H2,1-5H3. The normalized spacial score (nSPS) is 21.1. The van der Waals surface area contributed by atoms with Gasteiger partial charge < -0.3 is 9.47 Å². The molecule has 1 aliphatic rings. The second-order valence-corrected chi connectivity index (χ2v) is 6.13. The van der Waals surface area contributed by atoms with Crippen molar-refractivity contribution in [2.75, 3.05) is 5.75 Å². The molecule has 1 aliphatic heterocycles. The molecule has 4 heteroatoms. The van der Waals surface area contributed by atoms with Crippen molar-refractivity contribution in [3.63, 3.8) is 0 Å². The zero-order valence-corrected chi connectivity index (χ0v) is 13.7. The van der Waals surface area contributed by atoms with Crippen molar-refractivity contribution in [3.05, 3.63) is 22.3 Å². The highest BCUT2D eigenvalue weighted by Crippen LogP contribution is 2.43. The summed E-state index contributed by atoms with van der Waals surface area (Å²) >= 11 is 4.40. The van der Waals surface area contributed by atoms with E-state index in [1.165, 1.54) is 6.92 Å². The molecule has 1 atom stereocenters. The van der Waals surface area contributed by atoms with E-state index in [1.807, 2.05) is 20.8 Å². The molecule has 0 radical (unpaired) electrons. The van der Waals surface area contributed by atoms with Crippen molar-refractivity contribution in [1.82, 2.24) is 0 Å². The number of hydrogen-bond acceptors (Lipinski definition) is 4. The summed E-state index contributed by atoms with van der Waals surface area (Å²) in [5.74, 6) is 2.04. The number of ether oxygens (including phenoxy) is 2. The third-order valence-corrected chi connectivity index (χ3v) is 4.81. The lowest BCUT2D eigenvalue weighted by atomic mass is 9.88. The van der Waals surface area contributed by atoms with Crippen LogP contribution in [0.4, 0.5) is 0 Å². The first-order valence-electron chi connectivity index (χ1n) is 6.90. The van der Waals surface area contributed by atoms with E-state index in [2.05, 4.69) is 19.6 Å². The van der Waals surface area contributed by atoms with Crippen LogP contribution >= 0.6 is 12.6 Å². The zero-order valence-electron chi connectivity index (χ0n) is 12.8. The van der Waals surface area contributed by atoms with Crippen molar-refractivity contribution < 1.29 is 14.3 Å². The second-order valence-electron chi connectivity index (χ2n) is 5.82. The Labute approximate surface area is 126 Å². The third-order valence-electron chi connectivity index (χ3n) is 4.14. The molecule has 0 spiro atoms. The Morgan fingerprint density at radius 1 is 1.30 bits per heavy atom. The summed E-state index contributed by atoms with van der Waals surface area (Å²) in [6, 6.07) is 0. The molecule has 0 saturated heterocycles. The van der Waals surface area contributed by atoms with Gasteiger partial charge in [0.15, 0.2) is 0 Å². The number of rotatable bonds is 2. The van der Waals surface area contributed by atoms with Gasteiger partial charge in [-0.3, -0.25) is 4.79 Å². The van der Waals surface area contributed by atoms with Gasteiger partial charge in [-0.1, -0.05) is 0 Å². The van der Waals surface area contributed by atoms with Gasteiger partial charge in [-0.2, -0.15) is 12.6 Å². The Hall–Kier alpha value is -1.16. The highest BCUT2D eigenvalue weighted by atomic mass is 32.1. The molecular formula is C16H22O3S. The topological polar surface area (TPSA) is 35.5 Å². The molecule has 1 aromatic carbocycles. The minimum absolute atomic E-state index is 0.220. The number of benzene rings is 1. The first kappa shape index (κ1) is 15.2. The van der Waals surface area contributed by atoms with Crippen LogP contribution in [0.1, 0.15) is 42.5 Å². The van der Waals surface area contributed by atoms with Gasteiger partial charge in [0.05, 0.1) is 0 Å². The molecule has 0 aliphatic carbocycles. The van der Waals surface area contributed by atoms with Crippen molar-refractivity contribution in [2.24, 2.45) is 0 Å². The summed E-state index contributed by atoms with van der Waals surface area (Å²) in [6.45, 7) is 9.51. The molecule has 0 aromatic heterocycles. The van der Waals surface area contributed by atoms with E-state index >= 15 is 0 Å². The van der Waals surface area contributed by atoms with Crippen LogP contribution in [0.15, 0.2) is 0 Å². The largest absolute Gasteiger partial charge is 0.486 e. The van der Waals surface area contributed by atoms with Crippen LogP contribution in [0.5, 0.6) is 11.5 Å². The average Bonchev–Trinajstić information content (AvgIpc) is 2.41. The first-order valence-corrected chi connectivity index (χ1v) is 7.53. The van der Waals surface area contributed by atoms with Crippen molar-refractivity contribution in [3.8, 4) is 11.5 Å². The zero-order chi connectivity index (χ0) is 15.1. The van der Waals surface area contributed by atoms with Gasteiger partial charge in [-0.25, -0.2) is 0 Å². The Kier molecular flexibility index (Phi) is 4.05. The van der Waals surface area contributed by atoms with Crippen molar-refractivity contribution in [1.29, 1.82) is 0 Å². The number of carbonyl (C=O) groups is 1. The minimum atomic E-state index is -0.285. The van der Waals surface area contributed by atoms with E-state index in [0.29, 0.717) is 11.5 Å². The molecule has 1 unspecified atom stereocenters. The molecule has 3 nitrogen and oxygen atoms in total. The predicted octanol–water partition coefficient (Wildman–Crippen LogP) is 3.55. The van der Waals surface area contributed by atoms with E-state index in [4.69, 9.17) is 9.47 Å². The van der Waals surface area contributed by atoms with Gasteiger partial charge in [0.2, 0.25) is 0 Å². The second kappa shape index (κ2) is 5.32. The molecule has 0 bridgehead atoms. The van der Waals surface area contributed by atoms with Crippen molar-refractivity contribution >= 4 is 18.6 Å². The van der Waals surface area contributed by atoms with Gasteiger partial charge in [-0.15, -0.1) is 0 Å². The van der Waals surface area contributed by atoms with Crippen LogP contribution in [-0.2, 0) is 11.2 Å². The van der Waals surface area contributed by atoms with Crippen LogP contribution in [0.3, 0.4) is 0 Å².